The van der Waals surface area contributed by atoms with Crippen LogP contribution in [0.4, 0.5) is 0 Å². The van der Waals surface area contributed by atoms with Gasteiger partial charge in [-0.15, -0.1) is 0 Å². The summed E-state index contributed by atoms with van der Waals surface area (Å²) in [7, 11) is 0. The summed E-state index contributed by atoms with van der Waals surface area (Å²) in [6, 6.07) is 1.90. The van der Waals surface area contributed by atoms with E-state index in [9.17, 15) is 4.79 Å². The minimum Gasteiger partial charge on any atom is -0.340 e. The smallest absolute Gasteiger partial charge is 0.224 e. The summed E-state index contributed by atoms with van der Waals surface area (Å²) >= 11 is 0. The molecule has 0 heterocycles. The van der Waals surface area contributed by atoms with Gasteiger partial charge >= 0.3 is 0 Å². The minimum atomic E-state index is -0.260. The zero-order valence-corrected chi connectivity index (χ0v) is 9.08. The maximum absolute atomic E-state index is 11.6. The van der Waals surface area contributed by atoms with E-state index < -0.39 is 0 Å². The third-order valence-corrected chi connectivity index (χ3v) is 2.94. The van der Waals surface area contributed by atoms with Crippen molar-refractivity contribution in [3.63, 3.8) is 0 Å². The first-order valence-electron chi connectivity index (χ1n) is 5.26. The van der Waals surface area contributed by atoms with E-state index in [0.29, 0.717) is 11.8 Å². The van der Waals surface area contributed by atoms with E-state index in [0.717, 1.165) is 12.8 Å². The van der Waals surface area contributed by atoms with Crippen molar-refractivity contribution in [3.05, 3.63) is 0 Å². The number of nitrogens with zero attached hydrogens (tertiary/aromatic N) is 1. The molecular weight excluding hydrogens is 176 g/mol. The summed E-state index contributed by atoms with van der Waals surface area (Å²) in [5, 5.41) is 11.7. The van der Waals surface area contributed by atoms with Crippen molar-refractivity contribution in [1.29, 1.82) is 5.26 Å². The topological polar surface area (TPSA) is 52.9 Å². The zero-order valence-electron chi connectivity index (χ0n) is 9.08. The Morgan fingerprint density at radius 2 is 2.00 bits per heavy atom. The van der Waals surface area contributed by atoms with Gasteiger partial charge in [-0.3, -0.25) is 4.79 Å². The quantitative estimate of drug-likeness (QED) is 0.740. The molecule has 0 saturated heterocycles. The van der Waals surface area contributed by atoms with Crippen LogP contribution in [0.2, 0.25) is 0 Å². The molecule has 1 aliphatic carbocycles. The molecule has 0 spiro atoms. The van der Waals surface area contributed by atoms with Crippen LogP contribution in [-0.2, 0) is 4.79 Å². The molecule has 0 radical (unpaired) electrons. The van der Waals surface area contributed by atoms with Crippen molar-refractivity contribution in [1.82, 2.24) is 5.32 Å². The monoisotopic (exact) mass is 194 g/mol. The summed E-state index contributed by atoms with van der Waals surface area (Å²) in [6.45, 7) is 5.94. The SMILES string of the molecule is CC(C)C(C)C(=O)NC(C#N)C1CC1. The summed E-state index contributed by atoms with van der Waals surface area (Å²) in [4.78, 5) is 11.6. The lowest BCUT2D eigenvalue weighted by Gasteiger charge is -2.17. The fraction of sp³-hybridized carbons (Fsp3) is 0.818. The number of carbonyl (C=O) groups is 1. The van der Waals surface area contributed by atoms with E-state index in [-0.39, 0.29) is 17.9 Å². The summed E-state index contributed by atoms with van der Waals surface area (Å²) in [5.74, 6) is 0.736. The maximum Gasteiger partial charge on any atom is 0.224 e. The molecule has 14 heavy (non-hydrogen) atoms. The van der Waals surface area contributed by atoms with Crippen LogP contribution in [0.1, 0.15) is 33.6 Å². The molecule has 1 N–H and O–H groups in total. The summed E-state index contributed by atoms with van der Waals surface area (Å²) in [6.07, 6.45) is 2.16. The van der Waals surface area contributed by atoms with Crippen LogP contribution in [-0.4, -0.2) is 11.9 Å². The Balaban J connectivity index is 2.42. The molecule has 2 unspecified atom stereocenters. The van der Waals surface area contributed by atoms with Gasteiger partial charge in [0.2, 0.25) is 5.91 Å². The van der Waals surface area contributed by atoms with Gasteiger partial charge in [0.1, 0.15) is 6.04 Å². The van der Waals surface area contributed by atoms with Crippen LogP contribution in [0.15, 0.2) is 0 Å². The molecule has 3 nitrogen and oxygen atoms in total. The van der Waals surface area contributed by atoms with E-state index in [1.165, 1.54) is 0 Å². The highest BCUT2D eigenvalue weighted by atomic mass is 16.1. The molecule has 1 rings (SSSR count). The number of hydrogen-bond acceptors (Lipinski definition) is 2. The average molecular weight is 194 g/mol. The molecule has 3 heteroatoms. The van der Waals surface area contributed by atoms with Crippen LogP contribution >= 0.6 is 0 Å². The largest absolute Gasteiger partial charge is 0.340 e. The Labute approximate surface area is 85.5 Å². The summed E-state index contributed by atoms with van der Waals surface area (Å²) < 4.78 is 0. The third-order valence-electron chi connectivity index (χ3n) is 2.94. The number of rotatable bonds is 4. The molecule has 0 aliphatic heterocycles. The number of amides is 1. The molecule has 78 valence electrons. The second kappa shape index (κ2) is 4.45. The first-order chi connectivity index (χ1) is 6.56. The standard InChI is InChI=1S/C11H18N2O/c1-7(2)8(3)11(14)13-10(6-12)9-4-5-9/h7-10H,4-5H2,1-3H3,(H,13,14). The highest BCUT2D eigenvalue weighted by Crippen LogP contribution is 2.32. The number of nitriles is 1. The van der Waals surface area contributed by atoms with Crippen molar-refractivity contribution >= 4 is 5.91 Å². The van der Waals surface area contributed by atoms with Gasteiger partial charge in [-0.05, 0) is 24.7 Å². The normalized spacial score (nSPS) is 19.9. The fourth-order valence-electron chi connectivity index (χ4n) is 1.27. The zero-order chi connectivity index (χ0) is 10.7. The van der Waals surface area contributed by atoms with Crippen LogP contribution in [0, 0.1) is 29.1 Å². The molecule has 1 saturated carbocycles. The molecule has 2 atom stereocenters. The first-order valence-corrected chi connectivity index (χ1v) is 5.26. The Bertz CT molecular complexity index is 251. The second-order valence-corrected chi connectivity index (χ2v) is 4.49. The van der Waals surface area contributed by atoms with Crippen LogP contribution in [0.25, 0.3) is 0 Å². The van der Waals surface area contributed by atoms with Gasteiger partial charge < -0.3 is 5.32 Å². The number of nitrogens with one attached hydrogen (secondary N) is 1. The van der Waals surface area contributed by atoms with Crippen LogP contribution in [0.3, 0.4) is 0 Å². The van der Waals surface area contributed by atoms with Crippen molar-refractivity contribution in [2.75, 3.05) is 0 Å². The minimum absolute atomic E-state index is 0.00963. The first kappa shape index (κ1) is 11.0. The highest BCUT2D eigenvalue weighted by molar-refractivity contribution is 5.79. The Morgan fingerprint density at radius 1 is 1.43 bits per heavy atom. The van der Waals surface area contributed by atoms with E-state index in [1.54, 1.807) is 0 Å². The lowest BCUT2D eigenvalue weighted by atomic mass is 9.97. The Morgan fingerprint density at radius 3 is 2.36 bits per heavy atom. The molecule has 0 aromatic carbocycles. The van der Waals surface area contributed by atoms with Crippen LogP contribution in [0.5, 0.6) is 0 Å². The molecule has 0 aromatic heterocycles. The van der Waals surface area contributed by atoms with E-state index in [1.807, 2.05) is 20.8 Å². The molecule has 0 bridgehead atoms. The Kier molecular flexibility index (Phi) is 3.51. The molecule has 0 aromatic rings. The third kappa shape index (κ3) is 2.73. The number of hydrogen-bond donors (Lipinski definition) is 1. The summed E-state index contributed by atoms with van der Waals surface area (Å²) in [5.41, 5.74) is 0. The van der Waals surface area contributed by atoms with Gasteiger partial charge in [0.05, 0.1) is 6.07 Å². The predicted molar refractivity (Wildman–Crippen MR) is 54.3 cm³/mol. The highest BCUT2D eigenvalue weighted by Gasteiger charge is 2.33. The van der Waals surface area contributed by atoms with Crippen molar-refractivity contribution in [2.45, 2.75) is 39.7 Å². The van der Waals surface area contributed by atoms with Gasteiger partial charge in [-0.1, -0.05) is 20.8 Å². The molecule has 1 fully saturated rings. The van der Waals surface area contributed by atoms with E-state index in [2.05, 4.69) is 11.4 Å². The second-order valence-electron chi connectivity index (χ2n) is 4.49. The lowest BCUT2D eigenvalue weighted by molar-refractivity contribution is -0.126. The van der Waals surface area contributed by atoms with Gasteiger partial charge in [0.25, 0.3) is 0 Å². The van der Waals surface area contributed by atoms with Crippen molar-refractivity contribution in [2.24, 2.45) is 17.8 Å². The van der Waals surface area contributed by atoms with Gasteiger partial charge in [0, 0.05) is 5.92 Å². The molecular formula is C11H18N2O. The molecule has 1 amide bonds. The fourth-order valence-corrected chi connectivity index (χ4v) is 1.27. The van der Waals surface area contributed by atoms with Crippen molar-refractivity contribution in [3.8, 4) is 6.07 Å². The maximum atomic E-state index is 11.6. The Hall–Kier alpha value is -1.04. The van der Waals surface area contributed by atoms with Crippen molar-refractivity contribution < 1.29 is 4.79 Å². The van der Waals surface area contributed by atoms with Gasteiger partial charge in [0.15, 0.2) is 0 Å². The average Bonchev–Trinajstić information content (AvgIpc) is 2.95. The predicted octanol–water partition coefficient (Wildman–Crippen LogP) is 1.70. The molecule has 1 aliphatic rings. The van der Waals surface area contributed by atoms with E-state index in [4.69, 9.17) is 5.26 Å². The van der Waals surface area contributed by atoms with E-state index >= 15 is 0 Å². The van der Waals surface area contributed by atoms with Crippen LogP contribution < -0.4 is 5.32 Å². The lowest BCUT2D eigenvalue weighted by Crippen LogP contribution is -2.39. The van der Waals surface area contributed by atoms with Gasteiger partial charge in [-0.2, -0.15) is 5.26 Å². The van der Waals surface area contributed by atoms with Gasteiger partial charge in [-0.25, -0.2) is 0 Å². The number of carbonyl (C=O) groups excluding carboxylic acids is 1.